The van der Waals surface area contributed by atoms with Crippen molar-refractivity contribution in [3.05, 3.63) is 0 Å². The second-order valence-corrected chi connectivity index (χ2v) is 0. The Hall–Kier alpha value is 1.67. The van der Waals surface area contributed by atoms with E-state index in [0.29, 0.717) is 0 Å². The molecule has 0 saturated heterocycles. The molecule has 4 heavy (non-hydrogen) atoms. The normalized spacial score (nSPS) is 0. The van der Waals surface area contributed by atoms with Gasteiger partial charge in [0.1, 0.15) is 0 Å². The molecular formula is OSTaZn+3. The van der Waals surface area contributed by atoms with E-state index in [1.807, 2.05) is 0 Å². The van der Waals surface area contributed by atoms with Crippen LogP contribution in [0.4, 0.5) is 0 Å². The first-order chi connectivity index (χ1) is 0. The predicted octanol–water partition coefficient (Wildman–Crippen LogP) is -0.126. The van der Waals surface area contributed by atoms with Crippen molar-refractivity contribution < 1.29 is 47.3 Å². The predicted molar refractivity (Wildman–Crippen MR) is 8.05 cm³/mol. The molecule has 0 saturated carbocycles. The van der Waals surface area contributed by atoms with E-state index in [1.165, 1.54) is 0 Å². The third-order valence-corrected chi connectivity index (χ3v) is 0. The van der Waals surface area contributed by atoms with E-state index in [0.717, 1.165) is 0 Å². The van der Waals surface area contributed by atoms with Crippen LogP contribution < -0.4 is 0 Å². The minimum atomic E-state index is 0. The Balaban J connectivity index is 0. The molecule has 0 aliphatic carbocycles. The Morgan fingerprint density at radius 2 is 1.00 bits per heavy atom. The van der Waals surface area contributed by atoms with E-state index in [1.54, 1.807) is 0 Å². The molecule has 1 nitrogen and oxygen atoms in total. The first-order valence-electron chi connectivity index (χ1n) is 0. The van der Waals surface area contributed by atoms with Gasteiger partial charge in [0.15, 0.2) is 0 Å². The molecular weight excluding hydrogens is 294 g/mol. The molecule has 0 bridgehead atoms. The van der Waals surface area contributed by atoms with Gasteiger partial charge in [-0.2, -0.15) is 0 Å². The summed E-state index contributed by atoms with van der Waals surface area (Å²) in [6.07, 6.45) is 0. The summed E-state index contributed by atoms with van der Waals surface area (Å²) in [4.78, 5) is 0. The van der Waals surface area contributed by atoms with E-state index in [2.05, 4.69) is 0 Å². The van der Waals surface area contributed by atoms with Gasteiger partial charge in [0.05, 0.1) is 0 Å². The molecule has 0 aromatic heterocycles. The average molecular weight is 294 g/mol. The van der Waals surface area contributed by atoms with Gasteiger partial charge in [0.2, 0.25) is 0 Å². The van der Waals surface area contributed by atoms with Crippen molar-refractivity contribution in [3.63, 3.8) is 0 Å². The van der Waals surface area contributed by atoms with E-state index >= 15 is 0 Å². The van der Waals surface area contributed by atoms with Gasteiger partial charge in [-0.25, -0.2) is 0 Å². The SMILES string of the molecule is [O-2].[S-2].[Ta+5].[Zn+2]. The molecule has 4 heteroatoms. The molecule has 0 aliphatic rings. The Kier molecular flexibility index (Phi) is 249. The third-order valence-electron chi connectivity index (χ3n) is 0. The summed E-state index contributed by atoms with van der Waals surface area (Å²) in [5.74, 6) is 0. The van der Waals surface area contributed by atoms with E-state index in [9.17, 15) is 0 Å². The van der Waals surface area contributed by atoms with E-state index < -0.39 is 0 Å². The van der Waals surface area contributed by atoms with Crippen LogP contribution in [0, 0.1) is 0 Å². The van der Waals surface area contributed by atoms with Crippen LogP contribution in [0.2, 0.25) is 0 Å². The minimum absolute atomic E-state index is 0. The van der Waals surface area contributed by atoms with Gasteiger partial charge in [0, 0.05) is 0 Å². The van der Waals surface area contributed by atoms with Gasteiger partial charge in [-0.15, -0.1) is 0 Å². The fourth-order valence-electron chi connectivity index (χ4n) is 0. The van der Waals surface area contributed by atoms with Crippen molar-refractivity contribution in [1.29, 1.82) is 0 Å². The fourth-order valence-corrected chi connectivity index (χ4v) is 0. The molecule has 0 heterocycles. The monoisotopic (exact) mass is 293 g/mol. The molecule has 0 aliphatic heterocycles. The van der Waals surface area contributed by atoms with Gasteiger partial charge in [-0.1, -0.05) is 0 Å². The summed E-state index contributed by atoms with van der Waals surface area (Å²) in [5.41, 5.74) is 0. The van der Waals surface area contributed by atoms with Crippen molar-refractivity contribution in [2.24, 2.45) is 0 Å². The molecule has 0 radical (unpaired) electrons. The topological polar surface area (TPSA) is 28.5 Å². The molecule has 0 amide bonds. The van der Waals surface area contributed by atoms with Crippen molar-refractivity contribution >= 4 is 13.5 Å². The average Bonchev–Trinajstić information content (AvgIpc) is 0. The first kappa shape index (κ1) is 44.2. The van der Waals surface area contributed by atoms with Crippen LogP contribution in [0.15, 0.2) is 0 Å². The Morgan fingerprint density at radius 3 is 1.00 bits per heavy atom. The maximum atomic E-state index is 0. The second kappa shape index (κ2) is 22.5. The molecule has 16 valence electrons. The maximum absolute atomic E-state index is 0. The largest absolute Gasteiger partial charge is 5.00 e. The summed E-state index contributed by atoms with van der Waals surface area (Å²) in [5, 5.41) is 0. The van der Waals surface area contributed by atoms with Crippen LogP contribution >= 0.6 is 0 Å². The molecule has 0 unspecified atom stereocenters. The molecule has 0 fully saturated rings. The van der Waals surface area contributed by atoms with Gasteiger partial charge >= 0.3 is 41.9 Å². The second-order valence-electron chi connectivity index (χ2n) is 0. The zero-order chi connectivity index (χ0) is 0. The molecule has 0 aromatic carbocycles. The van der Waals surface area contributed by atoms with Gasteiger partial charge in [0.25, 0.3) is 0 Å². The standard InChI is InChI=1S/O.S.Ta.Zn/q2*-2;+5;+2. The number of hydrogen-bond donors (Lipinski definition) is 0. The quantitative estimate of drug-likeness (QED) is 0.557. The van der Waals surface area contributed by atoms with Crippen LogP contribution in [0.25, 0.3) is 0 Å². The van der Waals surface area contributed by atoms with Crippen molar-refractivity contribution in [2.75, 3.05) is 0 Å². The van der Waals surface area contributed by atoms with Crippen LogP contribution in [-0.4, -0.2) is 0 Å². The molecule has 0 aromatic rings. The Bertz CT molecular complexity index is 8.00. The Morgan fingerprint density at radius 1 is 1.00 bits per heavy atom. The van der Waals surface area contributed by atoms with Crippen LogP contribution in [0.3, 0.4) is 0 Å². The van der Waals surface area contributed by atoms with Crippen molar-refractivity contribution in [2.45, 2.75) is 0 Å². The maximum Gasteiger partial charge on any atom is 5.00 e. The molecule has 0 spiro atoms. The molecule has 0 rings (SSSR count). The van der Waals surface area contributed by atoms with E-state index in [-0.39, 0.29) is 60.8 Å². The van der Waals surface area contributed by atoms with Gasteiger partial charge < -0.3 is 19.0 Å². The van der Waals surface area contributed by atoms with Gasteiger partial charge in [-0.3, -0.25) is 0 Å². The van der Waals surface area contributed by atoms with Crippen molar-refractivity contribution in [1.82, 2.24) is 0 Å². The van der Waals surface area contributed by atoms with Gasteiger partial charge in [-0.05, 0) is 0 Å². The van der Waals surface area contributed by atoms with Crippen LogP contribution in [0.1, 0.15) is 0 Å². The fraction of sp³-hybridized carbons (Fsp3) is 0. The van der Waals surface area contributed by atoms with E-state index in [4.69, 9.17) is 0 Å². The number of rotatable bonds is 0. The zero-order valence-electron chi connectivity index (χ0n) is 1.97. The Labute approximate surface area is 60.6 Å². The molecule has 0 atom stereocenters. The van der Waals surface area contributed by atoms with Crippen LogP contribution in [0.5, 0.6) is 0 Å². The molecule has 0 N–H and O–H groups in total. The zero-order valence-corrected chi connectivity index (χ0v) is 8.97. The summed E-state index contributed by atoms with van der Waals surface area (Å²) in [6, 6.07) is 0. The number of hydrogen-bond acceptors (Lipinski definition) is 0. The van der Waals surface area contributed by atoms with Crippen LogP contribution in [-0.2, 0) is 60.8 Å². The summed E-state index contributed by atoms with van der Waals surface area (Å²) in [6.45, 7) is 0. The summed E-state index contributed by atoms with van der Waals surface area (Å²) >= 11 is 0. The minimum Gasteiger partial charge on any atom is -2.00 e. The first-order valence-corrected chi connectivity index (χ1v) is 0. The smallest absolute Gasteiger partial charge is 2.00 e. The van der Waals surface area contributed by atoms with Crippen molar-refractivity contribution in [3.8, 4) is 0 Å². The summed E-state index contributed by atoms with van der Waals surface area (Å²) < 4.78 is 0. The summed E-state index contributed by atoms with van der Waals surface area (Å²) in [7, 11) is 0. The third kappa shape index (κ3) is 9.38.